The number of hydrogen-bond acceptors (Lipinski definition) is 7. The summed E-state index contributed by atoms with van der Waals surface area (Å²) < 4.78 is 36.3. The third kappa shape index (κ3) is 6.75. The number of carbonyl (C=O) groups excluding carboxylic acids is 2. The number of carbonyl (C=O) groups is 2. The number of nitrogens with zero attached hydrogens (tertiary/aromatic N) is 1. The topological polar surface area (TPSA) is 102 Å². The minimum atomic E-state index is -3.57. The normalized spacial score (nSPS) is 16.8. The third-order valence-electron chi connectivity index (χ3n) is 7.70. The molecule has 8 nitrogen and oxygen atoms in total. The number of methoxy groups -OCH3 is 1. The number of benzene rings is 3. The average molecular weight is 575 g/mol. The standard InChI is InChI=1S/C32H34N2O6S/c1-34(29-13-16-40-17-14-29)21-22-3-10-28(11-4-22)33-31(35)26-15-18-41(37,38)30-12-9-25(19-27(30)20-26)23-5-7-24(8-6-23)32(36)39-2/h3-12,19-20,29H,13-18,21H2,1-2H3,(H,33,35). The van der Waals surface area contributed by atoms with Crippen LogP contribution in [0.5, 0.6) is 0 Å². The predicted molar refractivity (Wildman–Crippen MR) is 158 cm³/mol. The summed E-state index contributed by atoms with van der Waals surface area (Å²) in [4.78, 5) is 27.6. The van der Waals surface area contributed by atoms with Gasteiger partial charge in [-0.25, -0.2) is 13.2 Å². The summed E-state index contributed by atoms with van der Waals surface area (Å²) in [6, 6.07) is 20.2. The zero-order valence-corrected chi connectivity index (χ0v) is 24.1. The Morgan fingerprint density at radius 1 is 0.976 bits per heavy atom. The predicted octanol–water partition coefficient (Wildman–Crippen LogP) is 4.95. The molecule has 0 spiro atoms. The Kier molecular flexibility index (Phi) is 8.68. The van der Waals surface area contributed by atoms with Gasteiger partial charge in [0.15, 0.2) is 9.84 Å². The first-order valence-corrected chi connectivity index (χ1v) is 15.3. The first-order chi connectivity index (χ1) is 19.7. The molecule has 0 aliphatic carbocycles. The summed E-state index contributed by atoms with van der Waals surface area (Å²) in [6.45, 7) is 2.41. The van der Waals surface area contributed by atoms with E-state index in [4.69, 9.17) is 9.47 Å². The van der Waals surface area contributed by atoms with Crippen LogP contribution in [0.2, 0.25) is 0 Å². The molecule has 1 amide bonds. The van der Waals surface area contributed by atoms with Crippen molar-refractivity contribution >= 4 is 33.5 Å². The lowest BCUT2D eigenvalue weighted by molar-refractivity contribution is -0.112. The molecule has 1 saturated heterocycles. The van der Waals surface area contributed by atoms with Crippen LogP contribution in [0.25, 0.3) is 17.2 Å². The molecule has 9 heteroatoms. The van der Waals surface area contributed by atoms with Crippen molar-refractivity contribution in [2.24, 2.45) is 0 Å². The Hall–Kier alpha value is -3.79. The van der Waals surface area contributed by atoms with Crippen molar-refractivity contribution in [3.8, 4) is 11.1 Å². The highest BCUT2D eigenvalue weighted by atomic mass is 32.2. The smallest absolute Gasteiger partial charge is 0.337 e. The number of nitrogens with one attached hydrogen (secondary N) is 1. The van der Waals surface area contributed by atoms with Gasteiger partial charge in [-0.1, -0.05) is 30.3 Å². The van der Waals surface area contributed by atoms with E-state index in [9.17, 15) is 18.0 Å². The molecule has 41 heavy (non-hydrogen) atoms. The van der Waals surface area contributed by atoms with Crippen molar-refractivity contribution in [1.82, 2.24) is 4.90 Å². The molecule has 3 aromatic carbocycles. The van der Waals surface area contributed by atoms with Crippen LogP contribution < -0.4 is 5.32 Å². The van der Waals surface area contributed by atoms with Gasteiger partial charge in [0, 0.05) is 37.1 Å². The minimum Gasteiger partial charge on any atom is -0.465 e. The lowest BCUT2D eigenvalue weighted by Gasteiger charge is -2.31. The number of sulfone groups is 1. The zero-order valence-electron chi connectivity index (χ0n) is 23.3. The minimum absolute atomic E-state index is 0.111. The summed E-state index contributed by atoms with van der Waals surface area (Å²) in [5.41, 5.74) is 4.67. The number of ether oxygens (including phenoxy) is 2. The molecule has 214 valence electrons. The first-order valence-electron chi connectivity index (χ1n) is 13.7. The second-order valence-electron chi connectivity index (χ2n) is 10.5. The molecule has 1 fully saturated rings. The van der Waals surface area contributed by atoms with Gasteiger partial charge in [0.1, 0.15) is 0 Å². The zero-order chi connectivity index (χ0) is 29.0. The molecule has 0 bridgehead atoms. The number of esters is 1. The highest BCUT2D eigenvalue weighted by molar-refractivity contribution is 7.91. The Morgan fingerprint density at radius 3 is 2.34 bits per heavy atom. The van der Waals surface area contributed by atoms with Gasteiger partial charge in [-0.2, -0.15) is 0 Å². The Bertz CT molecular complexity index is 1560. The van der Waals surface area contributed by atoms with Gasteiger partial charge in [-0.15, -0.1) is 0 Å². The third-order valence-corrected chi connectivity index (χ3v) is 9.49. The molecule has 2 aliphatic heterocycles. The number of amides is 1. The summed E-state index contributed by atoms with van der Waals surface area (Å²) in [5, 5.41) is 2.93. The number of rotatable bonds is 7. The maximum atomic E-state index is 13.3. The monoisotopic (exact) mass is 574 g/mol. The fourth-order valence-corrected chi connectivity index (χ4v) is 6.74. The van der Waals surface area contributed by atoms with Gasteiger partial charge in [0.25, 0.3) is 5.91 Å². The van der Waals surface area contributed by atoms with Gasteiger partial charge in [0.05, 0.1) is 23.3 Å². The number of hydrogen-bond donors (Lipinski definition) is 1. The van der Waals surface area contributed by atoms with Gasteiger partial charge in [-0.05, 0) is 91.0 Å². The molecule has 2 heterocycles. The highest BCUT2D eigenvalue weighted by Gasteiger charge is 2.25. The van der Waals surface area contributed by atoms with Crippen LogP contribution in [-0.2, 0) is 30.7 Å². The lowest BCUT2D eigenvalue weighted by atomic mass is 10.00. The lowest BCUT2D eigenvalue weighted by Crippen LogP contribution is -2.36. The molecule has 0 atom stereocenters. The van der Waals surface area contributed by atoms with Crippen LogP contribution in [0, 0.1) is 0 Å². The van der Waals surface area contributed by atoms with Crippen LogP contribution in [0.4, 0.5) is 5.69 Å². The van der Waals surface area contributed by atoms with Crippen LogP contribution in [0.1, 0.15) is 40.7 Å². The summed E-state index contributed by atoms with van der Waals surface area (Å²) >= 11 is 0. The molecular formula is C32H34N2O6S. The van der Waals surface area contributed by atoms with E-state index in [2.05, 4.69) is 17.3 Å². The van der Waals surface area contributed by atoms with Crippen molar-refractivity contribution in [3.63, 3.8) is 0 Å². The number of fused-ring (bicyclic) bond motifs is 1. The summed E-state index contributed by atoms with van der Waals surface area (Å²) in [7, 11) is -0.121. The van der Waals surface area contributed by atoms with E-state index in [1.165, 1.54) is 7.11 Å². The van der Waals surface area contributed by atoms with E-state index in [1.807, 2.05) is 24.3 Å². The molecule has 0 saturated carbocycles. The largest absolute Gasteiger partial charge is 0.465 e. The van der Waals surface area contributed by atoms with Gasteiger partial charge < -0.3 is 14.8 Å². The molecule has 2 aliphatic rings. The van der Waals surface area contributed by atoms with Crippen LogP contribution in [0.15, 0.2) is 77.2 Å². The molecule has 0 radical (unpaired) electrons. The van der Waals surface area contributed by atoms with E-state index in [0.717, 1.165) is 49.3 Å². The Labute approximate surface area is 240 Å². The van der Waals surface area contributed by atoms with Crippen molar-refractivity contribution in [2.75, 3.05) is 38.4 Å². The van der Waals surface area contributed by atoms with E-state index < -0.39 is 15.8 Å². The Morgan fingerprint density at radius 2 is 1.66 bits per heavy atom. The van der Waals surface area contributed by atoms with Gasteiger partial charge in [0.2, 0.25) is 0 Å². The van der Waals surface area contributed by atoms with Crippen molar-refractivity contribution in [2.45, 2.75) is 36.7 Å². The maximum Gasteiger partial charge on any atom is 0.337 e. The van der Waals surface area contributed by atoms with Crippen LogP contribution in [0.3, 0.4) is 0 Å². The molecule has 5 rings (SSSR count). The SMILES string of the molecule is COC(=O)c1ccc(-c2ccc3c(c2)C=C(C(=O)Nc2ccc(CN(C)C4CCOCC4)cc2)CCS3(=O)=O)cc1. The van der Waals surface area contributed by atoms with E-state index in [-0.39, 0.29) is 23.0 Å². The molecular weight excluding hydrogens is 540 g/mol. The average Bonchev–Trinajstić information content (AvgIpc) is 3.13. The van der Waals surface area contributed by atoms with Crippen molar-refractivity contribution in [3.05, 3.63) is 89.0 Å². The first kappa shape index (κ1) is 28.7. The van der Waals surface area contributed by atoms with E-state index >= 15 is 0 Å². The molecule has 1 N–H and O–H groups in total. The molecule has 3 aromatic rings. The van der Waals surface area contributed by atoms with Crippen molar-refractivity contribution in [1.29, 1.82) is 0 Å². The summed E-state index contributed by atoms with van der Waals surface area (Å²) in [5.74, 6) is -0.905. The molecule has 0 aromatic heterocycles. The number of anilines is 1. The second-order valence-corrected chi connectivity index (χ2v) is 12.5. The van der Waals surface area contributed by atoms with E-state index in [0.29, 0.717) is 28.4 Å². The van der Waals surface area contributed by atoms with Crippen molar-refractivity contribution < 1.29 is 27.5 Å². The van der Waals surface area contributed by atoms with Crippen LogP contribution >= 0.6 is 0 Å². The second kappa shape index (κ2) is 12.4. The quantitative estimate of drug-likeness (QED) is 0.399. The fraction of sp³-hybridized carbons (Fsp3) is 0.312. The van der Waals surface area contributed by atoms with E-state index in [1.54, 1.807) is 48.5 Å². The fourth-order valence-electron chi connectivity index (χ4n) is 5.28. The maximum absolute atomic E-state index is 13.3. The van der Waals surface area contributed by atoms with Crippen LogP contribution in [-0.4, -0.2) is 64.4 Å². The Balaban J connectivity index is 1.32. The molecule has 0 unspecified atom stereocenters. The summed E-state index contributed by atoms with van der Waals surface area (Å²) in [6.07, 6.45) is 3.84. The highest BCUT2D eigenvalue weighted by Crippen LogP contribution is 2.31. The van der Waals surface area contributed by atoms with Gasteiger partial charge in [-0.3, -0.25) is 9.69 Å². The van der Waals surface area contributed by atoms with Gasteiger partial charge >= 0.3 is 5.97 Å².